The third kappa shape index (κ3) is 10.1. The van der Waals surface area contributed by atoms with Crippen molar-refractivity contribution in [3.05, 3.63) is 11.6 Å². The second kappa shape index (κ2) is 18.9. The molecule has 6 N–H and O–H groups in total. The molecule has 7 nitrogen and oxygen atoms in total. The van der Waals surface area contributed by atoms with Crippen LogP contribution in [0.1, 0.15) is 157 Å². The number of hydrogen-bond donors (Lipinski definition) is 3. The monoisotopic (exact) mass is 685 g/mol. The summed E-state index contributed by atoms with van der Waals surface area (Å²) >= 11 is 0. The Morgan fingerprint density at radius 1 is 0.857 bits per heavy atom. The molecule has 1 amide bonds. The second-order valence-corrected chi connectivity index (χ2v) is 17.9. The predicted octanol–water partition coefficient (Wildman–Crippen LogP) is 8.13. The van der Waals surface area contributed by atoms with Crippen LogP contribution in [0.25, 0.3) is 0 Å². The molecular weight excluding hydrogens is 608 g/mol. The summed E-state index contributed by atoms with van der Waals surface area (Å²) in [6.45, 7) is 14.2. The number of esters is 1. The van der Waals surface area contributed by atoms with E-state index in [1.807, 2.05) is 0 Å². The number of ether oxygens (including phenoxy) is 1. The minimum atomic E-state index is -0.628. The highest BCUT2D eigenvalue weighted by Crippen LogP contribution is 2.67. The van der Waals surface area contributed by atoms with Crippen LogP contribution in [0.15, 0.2) is 11.6 Å². The van der Waals surface area contributed by atoms with Gasteiger partial charge in [-0.1, -0.05) is 91.2 Å². The molecule has 3 fully saturated rings. The number of rotatable bonds is 20. The summed E-state index contributed by atoms with van der Waals surface area (Å²) in [5.41, 5.74) is 19.8. The van der Waals surface area contributed by atoms with Crippen LogP contribution in [-0.2, 0) is 14.3 Å². The van der Waals surface area contributed by atoms with E-state index in [0.717, 1.165) is 99.8 Å². The Bertz CT molecular complexity index is 1080. The lowest BCUT2D eigenvalue weighted by molar-refractivity contribution is -0.156. The fourth-order valence-electron chi connectivity index (χ4n) is 11.2. The topological polar surface area (TPSA) is 125 Å². The first kappa shape index (κ1) is 40.3. The number of unbranched alkanes of at least 4 members (excludes halogenated alkanes) is 5. The maximum atomic E-state index is 13.4. The maximum absolute atomic E-state index is 13.4. The third-order valence-corrected chi connectivity index (χ3v) is 14.1. The van der Waals surface area contributed by atoms with Crippen molar-refractivity contribution in [2.24, 2.45) is 63.5 Å². The van der Waals surface area contributed by atoms with Gasteiger partial charge < -0.3 is 26.8 Å². The predicted molar refractivity (Wildman–Crippen MR) is 203 cm³/mol. The molecule has 0 heterocycles. The van der Waals surface area contributed by atoms with Crippen molar-refractivity contribution in [3.63, 3.8) is 0 Å². The standard InChI is InChI=1S/C42H76N4O3/c1-30(2)14-12-15-31(3)35-19-20-36-34-18-17-32-28-33(21-23-41(32,4)37(34)22-24-42(35,36)5)49-39(47)29-46(40(48)38(45)16-13-26-44)27-11-9-7-6-8-10-25-43/h17,30-31,33-38H,6-16,18-29,43-45H2,1-5H3/t31?,33-,34-,35+,36-,37-,38?,41-,42+/m0/s1. The smallest absolute Gasteiger partial charge is 0.325 e. The van der Waals surface area contributed by atoms with Crippen LogP contribution in [0.3, 0.4) is 0 Å². The molecule has 3 saturated carbocycles. The van der Waals surface area contributed by atoms with Crippen molar-refractivity contribution in [1.82, 2.24) is 4.90 Å². The zero-order chi connectivity index (χ0) is 35.6. The molecule has 9 atom stereocenters. The van der Waals surface area contributed by atoms with Gasteiger partial charge in [0.05, 0.1) is 6.04 Å². The van der Waals surface area contributed by atoms with Gasteiger partial charge in [-0.25, -0.2) is 0 Å². The van der Waals surface area contributed by atoms with Crippen LogP contribution >= 0.6 is 0 Å². The van der Waals surface area contributed by atoms with E-state index >= 15 is 0 Å². The maximum Gasteiger partial charge on any atom is 0.325 e. The zero-order valence-corrected chi connectivity index (χ0v) is 32.4. The fraction of sp³-hybridized carbons (Fsp3) is 0.905. The van der Waals surface area contributed by atoms with E-state index in [0.29, 0.717) is 31.3 Å². The second-order valence-electron chi connectivity index (χ2n) is 17.9. The third-order valence-electron chi connectivity index (χ3n) is 14.1. The number of hydrogen-bond acceptors (Lipinski definition) is 6. The minimum absolute atomic E-state index is 0.0167. The van der Waals surface area contributed by atoms with Gasteiger partial charge in [-0.3, -0.25) is 9.59 Å². The molecule has 0 spiro atoms. The van der Waals surface area contributed by atoms with Crippen LogP contribution in [0.2, 0.25) is 0 Å². The highest BCUT2D eigenvalue weighted by atomic mass is 16.5. The molecule has 0 bridgehead atoms. The van der Waals surface area contributed by atoms with E-state index in [-0.39, 0.29) is 29.9 Å². The number of carbonyl (C=O) groups excluding carboxylic acids is 2. The number of fused-ring (bicyclic) bond motifs is 5. The quantitative estimate of drug-likeness (QED) is 0.0676. The van der Waals surface area contributed by atoms with Crippen LogP contribution in [0, 0.1) is 46.3 Å². The molecule has 0 saturated heterocycles. The Kier molecular flexibility index (Phi) is 15.5. The molecule has 282 valence electrons. The summed E-state index contributed by atoms with van der Waals surface area (Å²) < 4.78 is 6.16. The van der Waals surface area contributed by atoms with Gasteiger partial charge in [-0.2, -0.15) is 0 Å². The first-order valence-corrected chi connectivity index (χ1v) is 20.8. The molecular formula is C42H76N4O3. The van der Waals surface area contributed by atoms with Crippen molar-refractivity contribution < 1.29 is 14.3 Å². The number of carbonyl (C=O) groups is 2. The molecule has 0 radical (unpaired) electrons. The molecule has 2 unspecified atom stereocenters. The molecule has 4 aliphatic carbocycles. The summed E-state index contributed by atoms with van der Waals surface area (Å²) in [6, 6.07) is -0.628. The molecule has 4 aliphatic rings. The lowest BCUT2D eigenvalue weighted by Crippen LogP contribution is -2.51. The molecule has 0 aliphatic heterocycles. The van der Waals surface area contributed by atoms with Gasteiger partial charge in [0.1, 0.15) is 12.6 Å². The first-order valence-electron chi connectivity index (χ1n) is 20.8. The number of amides is 1. The van der Waals surface area contributed by atoms with Crippen LogP contribution in [-0.4, -0.2) is 55.1 Å². The normalized spacial score (nSPS) is 32.1. The zero-order valence-electron chi connectivity index (χ0n) is 32.4. The van der Waals surface area contributed by atoms with Crippen molar-refractivity contribution in [2.75, 3.05) is 26.2 Å². The van der Waals surface area contributed by atoms with Crippen LogP contribution in [0.5, 0.6) is 0 Å². The van der Waals surface area contributed by atoms with Crippen molar-refractivity contribution in [1.29, 1.82) is 0 Å². The molecule has 7 heteroatoms. The molecule has 0 aromatic heterocycles. The van der Waals surface area contributed by atoms with Gasteiger partial charge in [0, 0.05) is 13.0 Å². The molecule has 0 aromatic carbocycles. The van der Waals surface area contributed by atoms with Crippen molar-refractivity contribution >= 4 is 11.9 Å². The lowest BCUT2D eigenvalue weighted by atomic mass is 9.47. The Balaban J connectivity index is 1.33. The van der Waals surface area contributed by atoms with E-state index in [9.17, 15) is 9.59 Å². The molecule has 0 aromatic rings. The summed E-state index contributed by atoms with van der Waals surface area (Å²) in [4.78, 5) is 28.3. The van der Waals surface area contributed by atoms with Gasteiger partial charge in [0.25, 0.3) is 0 Å². The van der Waals surface area contributed by atoms with E-state index < -0.39 is 6.04 Å². The van der Waals surface area contributed by atoms with E-state index in [4.69, 9.17) is 21.9 Å². The average Bonchev–Trinajstić information content (AvgIpc) is 3.43. The summed E-state index contributed by atoms with van der Waals surface area (Å²) in [7, 11) is 0. The Labute approximate surface area is 300 Å². The van der Waals surface area contributed by atoms with Gasteiger partial charge in [-0.05, 0) is 130 Å². The van der Waals surface area contributed by atoms with Crippen molar-refractivity contribution in [2.45, 2.75) is 169 Å². The van der Waals surface area contributed by atoms with Crippen LogP contribution < -0.4 is 17.2 Å². The number of nitrogens with zero attached hydrogens (tertiary/aromatic N) is 1. The minimum Gasteiger partial charge on any atom is -0.461 e. The Morgan fingerprint density at radius 3 is 2.29 bits per heavy atom. The summed E-state index contributed by atoms with van der Waals surface area (Å²) in [5.74, 6) is 4.45. The lowest BCUT2D eigenvalue weighted by Gasteiger charge is -2.58. The summed E-state index contributed by atoms with van der Waals surface area (Å²) in [6.07, 6.45) is 23.8. The van der Waals surface area contributed by atoms with E-state index in [1.54, 1.807) is 4.90 Å². The number of allylic oxidation sites excluding steroid dienone is 1. The first-order chi connectivity index (χ1) is 23.4. The highest BCUT2D eigenvalue weighted by molar-refractivity contribution is 5.85. The van der Waals surface area contributed by atoms with Gasteiger partial charge in [0.2, 0.25) is 5.91 Å². The van der Waals surface area contributed by atoms with Gasteiger partial charge >= 0.3 is 5.97 Å². The Hall–Kier alpha value is -1.44. The van der Waals surface area contributed by atoms with Gasteiger partial charge in [-0.15, -0.1) is 0 Å². The Morgan fingerprint density at radius 2 is 1.57 bits per heavy atom. The van der Waals surface area contributed by atoms with Crippen molar-refractivity contribution in [3.8, 4) is 0 Å². The average molecular weight is 685 g/mol. The molecule has 49 heavy (non-hydrogen) atoms. The number of nitrogens with two attached hydrogens (primary N) is 3. The van der Waals surface area contributed by atoms with Crippen LogP contribution in [0.4, 0.5) is 0 Å². The van der Waals surface area contributed by atoms with E-state index in [2.05, 4.69) is 40.7 Å². The largest absolute Gasteiger partial charge is 0.461 e. The molecule has 4 rings (SSSR count). The van der Waals surface area contributed by atoms with E-state index in [1.165, 1.54) is 56.9 Å². The highest BCUT2D eigenvalue weighted by Gasteiger charge is 2.59. The SMILES string of the molecule is CC(C)CCCC(C)[C@H]1CC[C@H]2[C@@H]3CC=C4C[C@@H](OC(=O)CN(CCCCCCCCN)C(=O)C(N)CCCN)CC[C@]4(C)[C@H]3CC[C@]12C. The fourth-order valence-corrected chi connectivity index (χ4v) is 11.2. The van der Waals surface area contributed by atoms with Gasteiger partial charge in [0.15, 0.2) is 0 Å². The summed E-state index contributed by atoms with van der Waals surface area (Å²) in [5, 5.41) is 0.